The summed E-state index contributed by atoms with van der Waals surface area (Å²) in [5, 5.41) is 16.3. The van der Waals surface area contributed by atoms with Crippen molar-refractivity contribution in [3.63, 3.8) is 0 Å². The number of nitrogens with zero attached hydrogens (tertiary/aromatic N) is 3. The Hall–Kier alpha value is -3.68. The molecule has 0 saturated heterocycles. The van der Waals surface area contributed by atoms with E-state index in [-0.39, 0.29) is 11.6 Å². The second kappa shape index (κ2) is 7.28. The molecule has 27 heavy (non-hydrogen) atoms. The van der Waals surface area contributed by atoms with Crippen LogP contribution in [0.1, 0.15) is 12.5 Å². The number of hydrogen-bond donors (Lipinski definition) is 0. The number of nitro benzene ring substituents is 1. The summed E-state index contributed by atoms with van der Waals surface area (Å²) in [6.45, 7) is 1.73. The van der Waals surface area contributed by atoms with Crippen LogP contribution in [0.15, 0.2) is 53.1 Å². The maximum Gasteiger partial charge on any atom is 0.280 e. The smallest absolute Gasteiger partial charge is 0.280 e. The average Bonchev–Trinajstić information content (AvgIpc) is 2.96. The maximum absolute atomic E-state index is 12.8. The number of benzene rings is 2. The second-order valence-electron chi connectivity index (χ2n) is 5.74. The number of non-ortho nitro benzene ring substituents is 1. The molecule has 8 heteroatoms. The summed E-state index contributed by atoms with van der Waals surface area (Å²) in [5.41, 5.74) is 2.06. The number of carbonyl (C=O) groups is 1. The molecule has 0 aliphatic carbocycles. The van der Waals surface area contributed by atoms with Gasteiger partial charge in [-0.25, -0.2) is 0 Å². The third-order valence-electron chi connectivity index (χ3n) is 4.11. The van der Waals surface area contributed by atoms with Gasteiger partial charge in [0.25, 0.3) is 11.6 Å². The van der Waals surface area contributed by atoms with Crippen LogP contribution in [0.3, 0.4) is 0 Å². The van der Waals surface area contributed by atoms with Gasteiger partial charge in [0.1, 0.15) is 11.5 Å². The van der Waals surface area contributed by atoms with E-state index in [4.69, 9.17) is 9.47 Å². The lowest BCUT2D eigenvalue weighted by Gasteiger charge is -2.11. The minimum atomic E-state index is -0.495. The highest BCUT2D eigenvalue weighted by atomic mass is 16.6. The van der Waals surface area contributed by atoms with E-state index in [1.54, 1.807) is 38.3 Å². The first-order chi connectivity index (χ1) is 12.9. The number of amides is 1. The SMILES string of the molecule is COc1ccc(/C=C2\C(=O)N(c3ccc([N+](=O)[O-])cc3)N=C2C)c(OC)c1. The zero-order valence-electron chi connectivity index (χ0n) is 15.0. The molecule has 8 nitrogen and oxygen atoms in total. The van der Waals surface area contributed by atoms with Crippen molar-refractivity contribution in [1.82, 2.24) is 0 Å². The molecule has 0 N–H and O–H groups in total. The fourth-order valence-corrected chi connectivity index (χ4v) is 2.67. The fourth-order valence-electron chi connectivity index (χ4n) is 2.67. The number of nitro groups is 1. The quantitative estimate of drug-likeness (QED) is 0.458. The Morgan fingerprint density at radius 1 is 1.11 bits per heavy atom. The Morgan fingerprint density at radius 2 is 1.81 bits per heavy atom. The molecular formula is C19H17N3O5. The molecule has 0 radical (unpaired) electrons. The summed E-state index contributed by atoms with van der Waals surface area (Å²) in [5.74, 6) is 0.889. The van der Waals surface area contributed by atoms with E-state index < -0.39 is 4.92 Å². The van der Waals surface area contributed by atoms with Gasteiger partial charge in [0, 0.05) is 23.8 Å². The van der Waals surface area contributed by atoms with Crippen molar-refractivity contribution in [3.8, 4) is 11.5 Å². The number of ether oxygens (including phenoxy) is 2. The highest BCUT2D eigenvalue weighted by molar-refractivity contribution is 6.32. The summed E-state index contributed by atoms with van der Waals surface area (Å²) in [6.07, 6.45) is 1.70. The van der Waals surface area contributed by atoms with E-state index in [9.17, 15) is 14.9 Å². The summed E-state index contributed by atoms with van der Waals surface area (Å²) in [6, 6.07) is 10.9. The molecule has 2 aromatic rings. The van der Waals surface area contributed by atoms with Crippen LogP contribution in [0.25, 0.3) is 6.08 Å². The largest absolute Gasteiger partial charge is 0.497 e. The predicted molar refractivity (Wildman–Crippen MR) is 101 cm³/mol. The van der Waals surface area contributed by atoms with Gasteiger partial charge in [-0.2, -0.15) is 10.1 Å². The van der Waals surface area contributed by atoms with Gasteiger partial charge in [0.05, 0.1) is 36.1 Å². The number of rotatable bonds is 5. The molecule has 0 unspecified atom stereocenters. The minimum absolute atomic E-state index is 0.0511. The number of methoxy groups -OCH3 is 2. The number of hydrazone groups is 1. The Morgan fingerprint density at radius 3 is 2.41 bits per heavy atom. The van der Waals surface area contributed by atoms with Gasteiger partial charge in [-0.1, -0.05) is 0 Å². The summed E-state index contributed by atoms with van der Waals surface area (Å²) in [4.78, 5) is 23.1. The van der Waals surface area contributed by atoms with Crippen LogP contribution in [0, 0.1) is 10.1 Å². The molecule has 1 aliphatic heterocycles. The predicted octanol–water partition coefficient (Wildman–Crippen LogP) is 3.42. The van der Waals surface area contributed by atoms with E-state index in [2.05, 4.69) is 5.10 Å². The van der Waals surface area contributed by atoms with Crippen molar-refractivity contribution >= 4 is 29.1 Å². The van der Waals surface area contributed by atoms with E-state index >= 15 is 0 Å². The van der Waals surface area contributed by atoms with Crippen LogP contribution in [-0.2, 0) is 4.79 Å². The molecule has 3 rings (SSSR count). The molecule has 0 saturated carbocycles. The first kappa shape index (κ1) is 18.1. The molecule has 1 amide bonds. The summed E-state index contributed by atoms with van der Waals surface area (Å²) < 4.78 is 10.5. The van der Waals surface area contributed by atoms with Crippen molar-refractivity contribution < 1.29 is 19.2 Å². The van der Waals surface area contributed by atoms with Gasteiger partial charge in [0.15, 0.2) is 0 Å². The van der Waals surface area contributed by atoms with E-state index in [1.165, 1.54) is 36.4 Å². The third kappa shape index (κ3) is 3.50. The highest BCUT2D eigenvalue weighted by Crippen LogP contribution is 2.30. The Labute approximate surface area is 155 Å². The summed E-state index contributed by atoms with van der Waals surface area (Å²) >= 11 is 0. The molecule has 1 aliphatic rings. The first-order valence-corrected chi connectivity index (χ1v) is 8.03. The second-order valence-corrected chi connectivity index (χ2v) is 5.74. The van der Waals surface area contributed by atoms with Gasteiger partial charge >= 0.3 is 0 Å². The van der Waals surface area contributed by atoms with Crippen molar-refractivity contribution in [1.29, 1.82) is 0 Å². The lowest BCUT2D eigenvalue weighted by Crippen LogP contribution is -2.21. The van der Waals surface area contributed by atoms with Crippen molar-refractivity contribution in [2.24, 2.45) is 5.10 Å². The molecule has 0 fully saturated rings. The lowest BCUT2D eigenvalue weighted by molar-refractivity contribution is -0.384. The van der Waals surface area contributed by atoms with Gasteiger partial charge < -0.3 is 9.47 Å². The zero-order chi connectivity index (χ0) is 19.6. The molecule has 0 atom stereocenters. The van der Waals surface area contributed by atoms with Crippen molar-refractivity contribution in [2.75, 3.05) is 19.2 Å². The molecule has 2 aromatic carbocycles. The van der Waals surface area contributed by atoms with Crippen molar-refractivity contribution in [3.05, 3.63) is 63.7 Å². The Kier molecular flexibility index (Phi) is 4.89. The normalized spacial score (nSPS) is 15.1. The molecule has 1 heterocycles. The zero-order valence-corrected chi connectivity index (χ0v) is 15.0. The number of carbonyl (C=O) groups excluding carboxylic acids is 1. The lowest BCUT2D eigenvalue weighted by atomic mass is 10.1. The third-order valence-corrected chi connectivity index (χ3v) is 4.11. The molecule has 0 aromatic heterocycles. The monoisotopic (exact) mass is 367 g/mol. The van der Waals surface area contributed by atoms with E-state index in [1.807, 2.05) is 0 Å². The highest BCUT2D eigenvalue weighted by Gasteiger charge is 2.29. The molecule has 138 valence electrons. The van der Waals surface area contributed by atoms with Gasteiger partial charge in [-0.3, -0.25) is 14.9 Å². The van der Waals surface area contributed by atoms with Gasteiger partial charge in [-0.05, 0) is 37.3 Å². The van der Waals surface area contributed by atoms with Gasteiger partial charge in [0.2, 0.25) is 0 Å². The van der Waals surface area contributed by atoms with Gasteiger partial charge in [-0.15, -0.1) is 0 Å². The van der Waals surface area contributed by atoms with Crippen LogP contribution in [-0.4, -0.2) is 30.8 Å². The maximum atomic E-state index is 12.8. The first-order valence-electron chi connectivity index (χ1n) is 8.03. The Bertz CT molecular complexity index is 964. The molecule has 0 bridgehead atoms. The fraction of sp³-hybridized carbons (Fsp3) is 0.158. The van der Waals surface area contributed by atoms with Crippen LogP contribution in [0.5, 0.6) is 11.5 Å². The minimum Gasteiger partial charge on any atom is -0.497 e. The molecule has 0 spiro atoms. The van der Waals surface area contributed by atoms with Crippen LogP contribution < -0.4 is 14.5 Å². The van der Waals surface area contributed by atoms with Crippen LogP contribution >= 0.6 is 0 Å². The van der Waals surface area contributed by atoms with E-state index in [0.717, 1.165) is 0 Å². The van der Waals surface area contributed by atoms with Crippen LogP contribution in [0.4, 0.5) is 11.4 Å². The number of hydrogen-bond acceptors (Lipinski definition) is 6. The standard InChI is InChI=1S/C19H17N3O5/c1-12-17(10-13-4-9-16(26-2)11-18(13)27-3)19(23)21(20-12)14-5-7-15(8-6-14)22(24)25/h4-11H,1-3H3/b17-10-. The topological polar surface area (TPSA) is 94.3 Å². The average molecular weight is 367 g/mol. The summed E-state index contributed by atoms with van der Waals surface area (Å²) in [7, 11) is 3.10. The number of anilines is 1. The van der Waals surface area contributed by atoms with Crippen molar-refractivity contribution in [2.45, 2.75) is 6.92 Å². The van der Waals surface area contributed by atoms with E-state index in [0.29, 0.717) is 34.0 Å². The molecular weight excluding hydrogens is 350 g/mol. The van der Waals surface area contributed by atoms with Crippen LogP contribution in [0.2, 0.25) is 0 Å². The Balaban J connectivity index is 1.93.